The van der Waals surface area contributed by atoms with Crippen molar-refractivity contribution >= 4 is 22.9 Å². The van der Waals surface area contributed by atoms with E-state index in [0.717, 1.165) is 22.2 Å². The number of ether oxygens (including phenoxy) is 1. The van der Waals surface area contributed by atoms with E-state index in [1.54, 1.807) is 12.1 Å². The molecule has 0 bridgehead atoms. The fraction of sp³-hybridized carbons (Fsp3) is 0.192. The molecule has 1 unspecified atom stereocenters. The van der Waals surface area contributed by atoms with Crippen LogP contribution in [0.3, 0.4) is 0 Å². The quantitative estimate of drug-likeness (QED) is 0.456. The number of carbonyl (C=O) groups is 2. The van der Waals surface area contributed by atoms with Crippen molar-refractivity contribution in [1.29, 1.82) is 0 Å². The summed E-state index contributed by atoms with van der Waals surface area (Å²) in [5.74, 6) is 0.140. The van der Waals surface area contributed by atoms with Gasteiger partial charge >= 0.3 is 5.97 Å². The molecule has 0 saturated carbocycles. The monoisotopic (exact) mass is 427 g/mol. The maximum atomic E-state index is 13.4. The van der Waals surface area contributed by atoms with Gasteiger partial charge in [0.15, 0.2) is 0 Å². The van der Waals surface area contributed by atoms with Gasteiger partial charge in [0, 0.05) is 11.6 Å². The van der Waals surface area contributed by atoms with E-state index >= 15 is 0 Å². The van der Waals surface area contributed by atoms with Crippen molar-refractivity contribution < 1.29 is 14.3 Å². The second-order valence-corrected chi connectivity index (χ2v) is 7.84. The van der Waals surface area contributed by atoms with Crippen LogP contribution in [-0.2, 0) is 9.53 Å². The van der Waals surface area contributed by atoms with Crippen LogP contribution < -0.4 is 5.32 Å². The molecule has 6 heteroatoms. The molecule has 0 spiro atoms. The van der Waals surface area contributed by atoms with Gasteiger partial charge in [0.25, 0.3) is 0 Å². The molecule has 6 nitrogen and oxygen atoms in total. The number of nitrogens with one attached hydrogen (secondary N) is 1. The number of hydrogen-bond acceptors (Lipinski definition) is 4. The molecule has 0 aliphatic heterocycles. The fourth-order valence-electron chi connectivity index (χ4n) is 3.80. The lowest BCUT2D eigenvalue weighted by Gasteiger charge is -2.23. The summed E-state index contributed by atoms with van der Waals surface area (Å²) >= 11 is 0. The van der Waals surface area contributed by atoms with Crippen LogP contribution in [0.15, 0.2) is 78.9 Å². The number of nitrogens with zero attached hydrogens (tertiary/aromatic N) is 2. The largest absolute Gasteiger partial charge is 0.465 e. The zero-order valence-electron chi connectivity index (χ0n) is 18.3. The first-order valence-electron chi connectivity index (χ1n) is 10.5. The average molecular weight is 428 g/mol. The minimum atomic E-state index is -0.610. The number of carbonyl (C=O) groups excluding carboxylic acids is 2. The summed E-state index contributed by atoms with van der Waals surface area (Å²) in [6.45, 7) is 3.89. The topological polar surface area (TPSA) is 73.2 Å². The molecule has 162 valence electrons. The number of benzene rings is 3. The minimum absolute atomic E-state index is 0.00807. The Bertz CT molecular complexity index is 1240. The number of imidazole rings is 1. The van der Waals surface area contributed by atoms with Crippen molar-refractivity contribution in [2.45, 2.75) is 25.9 Å². The van der Waals surface area contributed by atoms with Gasteiger partial charge in [-0.2, -0.15) is 0 Å². The lowest BCUT2D eigenvalue weighted by atomic mass is 10.0. The first-order valence-corrected chi connectivity index (χ1v) is 10.5. The summed E-state index contributed by atoms with van der Waals surface area (Å²) in [5.41, 5.74) is 3.76. The fourth-order valence-corrected chi connectivity index (χ4v) is 3.80. The van der Waals surface area contributed by atoms with Crippen molar-refractivity contribution in [3.63, 3.8) is 0 Å². The first kappa shape index (κ1) is 21.3. The number of fused-ring (bicyclic) bond motifs is 1. The van der Waals surface area contributed by atoms with Gasteiger partial charge in [-0.1, -0.05) is 54.6 Å². The van der Waals surface area contributed by atoms with Gasteiger partial charge in [-0.15, -0.1) is 0 Å². The van der Waals surface area contributed by atoms with Crippen LogP contribution >= 0.6 is 0 Å². The van der Waals surface area contributed by atoms with Crippen LogP contribution in [0.5, 0.6) is 0 Å². The summed E-state index contributed by atoms with van der Waals surface area (Å²) in [7, 11) is 1.35. The van der Waals surface area contributed by atoms with Gasteiger partial charge in [0.1, 0.15) is 11.9 Å². The van der Waals surface area contributed by atoms with Crippen molar-refractivity contribution in [2.75, 3.05) is 7.11 Å². The number of esters is 1. The van der Waals surface area contributed by atoms with Crippen LogP contribution in [0.1, 0.15) is 35.8 Å². The number of methoxy groups -OCH3 is 1. The first-order chi connectivity index (χ1) is 15.5. The maximum absolute atomic E-state index is 13.4. The van der Waals surface area contributed by atoms with Crippen LogP contribution in [0, 0.1) is 0 Å². The van der Waals surface area contributed by atoms with Gasteiger partial charge in [0.2, 0.25) is 5.91 Å². The SMILES string of the molecule is COC(=O)c1ccc(-c2nc3ccccc3n2C(C(=O)NC(C)C)c2ccccc2)cc1. The Morgan fingerprint density at radius 2 is 1.56 bits per heavy atom. The molecule has 1 heterocycles. The van der Waals surface area contributed by atoms with E-state index < -0.39 is 12.0 Å². The molecule has 0 aliphatic rings. The molecule has 32 heavy (non-hydrogen) atoms. The Balaban J connectivity index is 1.93. The molecule has 0 radical (unpaired) electrons. The Morgan fingerprint density at radius 1 is 0.906 bits per heavy atom. The Hall–Kier alpha value is -3.93. The molecular formula is C26H25N3O3. The van der Waals surface area contributed by atoms with Crippen molar-refractivity contribution in [3.05, 3.63) is 90.0 Å². The molecule has 0 fully saturated rings. The van der Waals surface area contributed by atoms with Gasteiger partial charge in [-0.3, -0.25) is 4.79 Å². The van der Waals surface area contributed by atoms with Crippen molar-refractivity contribution in [3.8, 4) is 11.4 Å². The van der Waals surface area contributed by atoms with Crippen LogP contribution in [-0.4, -0.2) is 34.6 Å². The second-order valence-electron chi connectivity index (χ2n) is 7.84. The van der Waals surface area contributed by atoms with Crippen LogP contribution in [0.25, 0.3) is 22.4 Å². The van der Waals surface area contributed by atoms with Crippen LogP contribution in [0.2, 0.25) is 0 Å². The number of hydrogen-bond donors (Lipinski definition) is 1. The Kier molecular flexibility index (Phi) is 6.03. The third-order valence-corrected chi connectivity index (χ3v) is 5.21. The molecule has 0 aliphatic carbocycles. The maximum Gasteiger partial charge on any atom is 0.337 e. The van der Waals surface area contributed by atoms with E-state index in [-0.39, 0.29) is 11.9 Å². The highest BCUT2D eigenvalue weighted by atomic mass is 16.5. The standard InChI is InChI=1S/C26H25N3O3/c1-17(2)27-25(30)23(18-9-5-4-6-10-18)29-22-12-8-7-11-21(22)28-24(29)19-13-15-20(16-14-19)26(31)32-3/h4-17,23H,1-3H3,(H,27,30). The second kappa shape index (κ2) is 9.06. The smallest absolute Gasteiger partial charge is 0.337 e. The summed E-state index contributed by atoms with van der Waals surface area (Å²) in [5, 5.41) is 3.06. The molecule has 4 aromatic rings. The van der Waals surface area contributed by atoms with E-state index in [2.05, 4.69) is 5.32 Å². The van der Waals surface area contributed by atoms with Gasteiger partial charge in [0.05, 0.1) is 23.7 Å². The molecular weight excluding hydrogens is 402 g/mol. The van der Waals surface area contributed by atoms with Crippen molar-refractivity contribution in [2.24, 2.45) is 0 Å². The molecule has 4 rings (SSSR count). The van der Waals surface area contributed by atoms with Crippen LogP contribution in [0.4, 0.5) is 0 Å². The summed E-state index contributed by atoms with van der Waals surface area (Å²) < 4.78 is 6.77. The zero-order valence-corrected chi connectivity index (χ0v) is 18.3. The number of rotatable bonds is 6. The van der Waals surface area contributed by atoms with E-state index in [1.165, 1.54) is 7.11 Å². The third kappa shape index (κ3) is 4.12. The molecule has 1 N–H and O–H groups in total. The molecule has 3 aromatic carbocycles. The normalized spacial score (nSPS) is 12.0. The summed E-state index contributed by atoms with van der Waals surface area (Å²) in [4.78, 5) is 30.2. The third-order valence-electron chi connectivity index (χ3n) is 5.21. The van der Waals surface area contributed by atoms with Gasteiger partial charge < -0.3 is 14.6 Å². The molecule has 1 atom stereocenters. The van der Waals surface area contributed by atoms with E-state index in [1.807, 2.05) is 85.1 Å². The Labute approximate surface area is 186 Å². The highest BCUT2D eigenvalue weighted by Crippen LogP contribution is 2.32. The predicted molar refractivity (Wildman–Crippen MR) is 124 cm³/mol. The van der Waals surface area contributed by atoms with E-state index in [0.29, 0.717) is 11.4 Å². The predicted octanol–water partition coefficient (Wildman–Crippen LogP) is 4.60. The summed E-state index contributed by atoms with van der Waals surface area (Å²) in [6.07, 6.45) is 0. The molecule has 1 aromatic heterocycles. The van der Waals surface area contributed by atoms with E-state index in [9.17, 15) is 9.59 Å². The van der Waals surface area contributed by atoms with Gasteiger partial charge in [-0.05, 0) is 43.7 Å². The average Bonchev–Trinajstić information content (AvgIpc) is 3.18. The number of amides is 1. The van der Waals surface area contributed by atoms with E-state index in [4.69, 9.17) is 9.72 Å². The highest BCUT2D eigenvalue weighted by molar-refractivity contribution is 5.91. The Morgan fingerprint density at radius 3 is 2.22 bits per heavy atom. The lowest BCUT2D eigenvalue weighted by Crippen LogP contribution is -2.37. The minimum Gasteiger partial charge on any atom is -0.465 e. The molecule has 1 amide bonds. The highest BCUT2D eigenvalue weighted by Gasteiger charge is 2.28. The zero-order chi connectivity index (χ0) is 22.7. The number of para-hydroxylation sites is 2. The van der Waals surface area contributed by atoms with Gasteiger partial charge in [-0.25, -0.2) is 9.78 Å². The molecule has 0 saturated heterocycles. The number of aromatic nitrogens is 2. The summed E-state index contributed by atoms with van der Waals surface area (Å²) in [6, 6.07) is 23.9. The lowest BCUT2D eigenvalue weighted by molar-refractivity contribution is -0.123. The van der Waals surface area contributed by atoms with Crippen molar-refractivity contribution in [1.82, 2.24) is 14.9 Å².